The molecule has 4 heteroatoms. The third kappa shape index (κ3) is 6.02. The minimum Gasteiger partial charge on any atom is -0.497 e. The molecule has 0 saturated heterocycles. The molecule has 0 unspecified atom stereocenters. The van der Waals surface area contributed by atoms with Crippen molar-refractivity contribution in [2.75, 3.05) is 13.7 Å². The molecule has 0 heterocycles. The molecule has 2 aromatic rings. The SMILES string of the molecule is COc1ccc(CCC(=O)N[C@@H](C)COc2ccccc2)cc1. The van der Waals surface area contributed by atoms with Gasteiger partial charge in [-0.25, -0.2) is 0 Å². The number of rotatable bonds is 8. The summed E-state index contributed by atoms with van der Waals surface area (Å²) in [4.78, 5) is 12.0. The molecule has 0 fully saturated rings. The van der Waals surface area contributed by atoms with E-state index < -0.39 is 0 Å². The van der Waals surface area contributed by atoms with Gasteiger partial charge in [-0.3, -0.25) is 4.79 Å². The predicted molar refractivity (Wildman–Crippen MR) is 90.9 cm³/mol. The molecule has 2 rings (SSSR count). The van der Waals surface area contributed by atoms with Gasteiger partial charge < -0.3 is 14.8 Å². The first-order valence-corrected chi connectivity index (χ1v) is 7.77. The van der Waals surface area contributed by atoms with Crippen molar-refractivity contribution < 1.29 is 14.3 Å². The van der Waals surface area contributed by atoms with Crippen LogP contribution in [0.2, 0.25) is 0 Å². The zero-order valence-electron chi connectivity index (χ0n) is 13.6. The van der Waals surface area contributed by atoms with Crippen LogP contribution in [0, 0.1) is 0 Å². The number of carbonyl (C=O) groups excluding carboxylic acids is 1. The Hall–Kier alpha value is -2.49. The summed E-state index contributed by atoms with van der Waals surface area (Å²) >= 11 is 0. The van der Waals surface area contributed by atoms with Crippen molar-refractivity contribution in [2.45, 2.75) is 25.8 Å². The van der Waals surface area contributed by atoms with Crippen LogP contribution in [-0.2, 0) is 11.2 Å². The van der Waals surface area contributed by atoms with Gasteiger partial charge in [0.15, 0.2) is 0 Å². The average molecular weight is 313 g/mol. The highest BCUT2D eigenvalue weighted by molar-refractivity contribution is 5.76. The van der Waals surface area contributed by atoms with E-state index in [0.29, 0.717) is 19.4 Å². The van der Waals surface area contributed by atoms with Gasteiger partial charge in [-0.2, -0.15) is 0 Å². The van der Waals surface area contributed by atoms with Crippen LogP contribution < -0.4 is 14.8 Å². The van der Waals surface area contributed by atoms with E-state index in [1.807, 2.05) is 61.5 Å². The van der Waals surface area contributed by atoms with Crippen LogP contribution in [-0.4, -0.2) is 25.7 Å². The van der Waals surface area contributed by atoms with E-state index in [-0.39, 0.29) is 11.9 Å². The van der Waals surface area contributed by atoms with E-state index in [1.165, 1.54) is 0 Å². The Morgan fingerprint density at radius 3 is 2.39 bits per heavy atom. The van der Waals surface area contributed by atoms with Crippen LogP contribution in [0.4, 0.5) is 0 Å². The number of carbonyl (C=O) groups is 1. The molecule has 0 bridgehead atoms. The number of nitrogens with one attached hydrogen (secondary N) is 1. The summed E-state index contributed by atoms with van der Waals surface area (Å²) in [6, 6.07) is 17.3. The van der Waals surface area contributed by atoms with Gasteiger partial charge in [-0.05, 0) is 43.2 Å². The molecule has 1 amide bonds. The summed E-state index contributed by atoms with van der Waals surface area (Å²) in [5, 5.41) is 2.95. The number of hydrogen-bond acceptors (Lipinski definition) is 3. The van der Waals surface area contributed by atoms with Crippen molar-refractivity contribution in [1.29, 1.82) is 0 Å². The van der Waals surface area contributed by atoms with Crippen molar-refractivity contribution in [3.63, 3.8) is 0 Å². The minimum absolute atomic E-state index is 0.0291. The summed E-state index contributed by atoms with van der Waals surface area (Å²) in [5.74, 6) is 1.67. The highest BCUT2D eigenvalue weighted by Crippen LogP contribution is 2.12. The quantitative estimate of drug-likeness (QED) is 0.814. The highest BCUT2D eigenvalue weighted by atomic mass is 16.5. The van der Waals surface area contributed by atoms with E-state index in [0.717, 1.165) is 17.1 Å². The molecule has 0 saturated carbocycles. The van der Waals surface area contributed by atoms with E-state index in [1.54, 1.807) is 7.11 Å². The Morgan fingerprint density at radius 1 is 1.04 bits per heavy atom. The number of amides is 1. The summed E-state index contributed by atoms with van der Waals surface area (Å²) in [6.45, 7) is 2.40. The summed E-state index contributed by atoms with van der Waals surface area (Å²) in [7, 11) is 1.64. The Morgan fingerprint density at radius 2 is 1.74 bits per heavy atom. The molecular formula is C19H23NO3. The third-order valence-electron chi connectivity index (χ3n) is 3.45. The standard InChI is InChI=1S/C19H23NO3/c1-15(14-23-18-6-4-3-5-7-18)20-19(21)13-10-16-8-11-17(22-2)12-9-16/h3-9,11-12,15H,10,13-14H2,1-2H3,(H,20,21)/t15-/m0/s1. The van der Waals surface area contributed by atoms with Gasteiger partial charge in [0.05, 0.1) is 13.2 Å². The lowest BCUT2D eigenvalue weighted by atomic mass is 10.1. The fourth-order valence-corrected chi connectivity index (χ4v) is 2.18. The summed E-state index contributed by atoms with van der Waals surface area (Å²) < 4.78 is 10.7. The Bertz CT molecular complexity index is 596. The molecular weight excluding hydrogens is 290 g/mol. The molecule has 1 N–H and O–H groups in total. The van der Waals surface area contributed by atoms with Gasteiger partial charge >= 0.3 is 0 Å². The molecule has 0 aromatic heterocycles. The number of para-hydroxylation sites is 1. The van der Waals surface area contributed by atoms with Crippen LogP contribution in [0.5, 0.6) is 11.5 Å². The van der Waals surface area contributed by atoms with Crippen LogP contribution in [0.1, 0.15) is 18.9 Å². The zero-order chi connectivity index (χ0) is 16.5. The molecule has 0 aliphatic carbocycles. The average Bonchev–Trinajstić information content (AvgIpc) is 2.59. The van der Waals surface area contributed by atoms with E-state index in [9.17, 15) is 4.79 Å². The second-order valence-corrected chi connectivity index (χ2v) is 5.44. The summed E-state index contributed by atoms with van der Waals surface area (Å²) in [5.41, 5.74) is 1.12. The van der Waals surface area contributed by atoms with Crippen LogP contribution >= 0.6 is 0 Å². The Labute approximate surface area is 137 Å². The predicted octanol–water partition coefficient (Wildman–Crippen LogP) is 3.21. The largest absolute Gasteiger partial charge is 0.497 e. The van der Waals surface area contributed by atoms with Crippen LogP contribution in [0.15, 0.2) is 54.6 Å². The van der Waals surface area contributed by atoms with Crippen molar-refractivity contribution in [2.24, 2.45) is 0 Å². The van der Waals surface area contributed by atoms with Gasteiger partial charge in [0.2, 0.25) is 5.91 Å². The lowest BCUT2D eigenvalue weighted by Gasteiger charge is -2.15. The second kappa shape index (κ2) is 8.83. The number of hydrogen-bond donors (Lipinski definition) is 1. The molecule has 0 aliphatic rings. The Balaban J connectivity index is 1.69. The van der Waals surface area contributed by atoms with Gasteiger partial charge in [0.25, 0.3) is 0 Å². The van der Waals surface area contributed by atoms with E-state index >= 15 is 0 Å². The smallest absolute Gasteiger partial charge is 0.220 e. The van der Waals surface area contributed by atoms with Crippen molar-refractivity contribution >= 4 is 5.91 Å². The fourth-order valence-electron chi connectivity index (χ4n) is 2.18. The monoisotopic (exact) mass is 313 g/mol. The number of ether oxygens (including phenoxy) is 2. The molecule has 2 aromatic carbocycles. The molecule has 1 atom stereocenters. The van der Waals surface area contributed by atoms with E-state index in [4.69, 9.17) is 9.47 Å². The normalized spacial score (nSPS) is 11.6. The molecule has 122 valence electrons. The van der Waals surface area contributed by atoms with Crippen LogP contribution in [0.25, 0.3) is 0 Å². The topological polar surface area (TPSA) is 47.6 Å². The molecule has 0 radical (unpaired) electrons. The molecule has 4 nitrogen and oxygen atoms in total. The van der Waals surface area contributed by atoms with Crippen molar-refractivity contribution in [3.05, 3.63) is 60.2 Å². The first-order chi connectivity index (χ1) is 11.2. The maximum atomic E-state index is 12.0. The van der Waals surface area contributed by atoms with E-state index in [2.05, 4.69) is 5.32 Å². The maximum Gasteiger partial charge on any atom is 0.220 e. The van der Waals surface area contributed by atoms with Gasteiger partial charge in [0, 0.05) is 6.42 Å². The second-order valence-electron chi connectivity index (χ2n) is 5.44. The number of methoxy groups -OCH3 is 1. The number of benzene rings is 2. The van der Waals surface area contributed by atoms with Crippen molar-refractivity contribution in [3.8, 4) is 11.5 Å². The zero-order valence-corrected chi connectivity index (χ0v) is 13.6. The fraction of sp³-hybridized carbons (Fsp3) is 0.316. The third-order valence-corrected chi connectivity index (χ3v) is 3.45. The lowest BCUT2D eigenvalue weighted by molar-refractivity contribution is -0.121. The first-order valence-electron chi connectivity index (χ1n) is 7.77. The molecule has 0 aliphatic heterocycles. The lowest BCUT2D eigenvalue weighted by Crippen LogP contribution is -2.36. The van der Waals surface area contributed by atoms with Crippen LogP contribution in [0.3, 0.4) is 0 Å². The van der Waals surface area contributed by atoms with Gasteiger partial charge in [0.1, 0.15) is 18.1 Å². The number of aryl methyl sites for hydroxylation is 1. The highest BCUT2D eigenvalue weighted by Gasteiger charge is 2.08. The Kier molecular flexibility index (Phi) is 6.48. The summed E-state index contributed by atoms with van der Waals surface area (Å²) in [6.07, 6.45) is 1.17. The maximum absolute atomic E-state index is 12.0. The van der Waals surface area contributed by atoms with Crippen molar-refractivity contribution in [1.82, 2.24) is 5.32 Å². The molecule has 23 heavy (non-hydrogen) atoms. The van der Waals surface area contributed by atoms with Gasteiger partial charge in [-0.15, -0.1) is 0 Å². The van der Waals surface area contributed by atoms with Gasteiger partial charge in [-0.1, -0.05) is 30.3 Å². The molecule has 0 spiro atoms. The first kappa shape index (κ1) is 16.9. The minimum atomic E-state index is -0.0291.